The Balaban J connectivity index is -0.0000000612. The van der Waals surface area contributed by atoms with Crippen LogP contribution in [0.2, 0.25) is 0 Å². The molecular weight excluding hydrogens is 132 g/mol. The van der Waals surface area contributed by atoms with E-state index in [0.29, 0.717) is 0 Å². The predicted molar refractivity (Wildman–Crippen MR) is 33.6 cm³/mol. The smallest absolute Gasteiger partial charge is 1.00 e. The second-order valence-electron chi connectivity index (χ2n) is 2.16. The standard InChI is InChI=1S/C6H13N.2Na.2H/c1-2-4-6-7-5-3-1;;;;/h7H,1-6H2;;;;/q;2*+1;2*-1. The van der Waals surface area contributed by atoms with Crippen molar-refractivity contribution in [2.75, 3.05) is 13.1 Å². The first-order chi connectivity index (χ1) is 3.50. The molecule has 0 amide bonds. The third-order valence-corrected chi connectivity index (χ3v) is 1.46. The summed E-state index contributed by atoms with van der Waals surface area (Å²) in [5.74, 6) is 0. The Hall–Kier alpha value is 1.96. The molecule has 1 fully saturated rings. The van der Waals surface area contributed by atoms with E-state index in [1.165, 1.54) is 38.8 Å². The quantitative estimate of drug-likeness (QED) is 0.340. The molecule has 1 N–H and O–H groups in total. The van der Waals surface area contributed by atoms with E-state index in [0.717, 1.165) is 0 Å². The number of hydrogen-bond acceptors (Lipinski definition) is 1. The zero-order valence-electron chi connectivity index (χ0n) is 8.74. The van der Waals surface area contributed by atoms with E-state index in [2.05, 4.69) is 5.32 Å². The molecule has 0 aromatic rings. The van der Waals surface area contributed by atoms with Crippen molar-refractivity contribution in [2.24, 2.45) is 0 Å². The SMILES string of the molecule is C1CCCNCC1.[H-].[H-].[Na+].[Na+]. The number of rotatable bonds is 0. The summed E-state index contributed by atoms with van der Waals surface area (Å²) in [6, 6.07) is 0. The van der Waals surface area contributed by atoms with Gasteiger partial charge in [-0.1, -0.05) is 12.8 Å². The zero-order chi connectivity index (χ0) is 4.95. The molecule has 0 radical (unpaired) electrons. The van der Waals surface area contributed by atoms with Gasteiger partial charge in [-0.15, -0.1) is 0 Å². The maximum absolute atomic E-state index is 3.35. The van der Waals surface area contributed by atoms with Gasteiger partial charge in [0, 0.05) is 0 Å². The largest absolute Gasteiger partial charge is 1.00 e. The summed E-state index contributed by atoms with van der Waals surface area (Å²) >= 11 is 0. The van der Waals surface area contributed by atoms with Gasteiger partial charge in [0.2, 0.25) is 0 Å². The van der Waals surface area contributed by atoms with Crippen molar-refractivity contribution in [1.82, 2.24) is 5.32 Å². The van der Waals surface area contributed by atoms with Crippen molar-refractivity contribution >= 4 is 0 Å². The van der Waals surface area contributed by atoms with E-state index in [4.69, 9.17) is 0 Å². The van der Waals surface area contributed by atoms with Crippen LogP contribution in [0.1, 0.15) is 28.5 Å². The number of nitrogens with one attached hydrogen (secondary N) is 1. The summed E-state index contributed by atoms with van der Waals surface area (Å²) in [5, 5.41) is 3.35. The molecule has 0 aromatic carbocycles. The van der Waals surface area contributed by atoms with Crippen LogP contribution in [0.25, 0.3) is 0 Å². The van der Waals surface area contributed by atoms with Gasteiger partial charge in [-0.25, -0.2) is 0 Å². The Morgan fingerprint density at radius 1 is 0.778 bits per heavy atom. The van der Waals surface area contributed by atoms with E-state index in [1.807, 2.05) is 0 Å². The van der Waals surface area contributed by atoms with Crippen LogP contribution >= 0.6 is 0 Å². The summed E-state index contributed by atoms with van der Waals surface area (Å²) in [5.41, 5.74) is 0. The molecule has 3 heteroatoms. The van der Waals surface area contributed by atoms with Crippen molar-refractivity contribution < 1.29 is 62.0 Å². The van der Waals surface area contributed by atoms with E-state index in [-0.39, 0.29) is 62.0 Å². The summed E-state index contributed by atoms with van der Waals surface area (Å²) in [6.45, 7) is 2.50. The van der Waals surface area contributed by atoms with Gasteiger partial charge in [-0.05, 0) is 25.9 Å². The fraction of sp³-hybridized carbons (Fsp3) is 1.00. The van der Waals surface area contributed by atoms with Crippen molar-refractivity contribution in [1.29, 1.82) is 0 Å². The molecule has 1 heterocycles. The van der Waals surface area contributed by atoms with Crippen LogP contribution in [0, 0.1) is 0 Å². The Kier molecular flexibility index (Phi) is 15.0. The maximum Gasteiger partial charge on any atom is 1.00 e. The molecule has 1 saturated heterocycles. The van der Waals surface area contributed by atoms with Crippen LogP contribution in [-0.2, 0) is 0 Å². The molecule has 9 heavy (non-hydrogen) atoms. The zero-order valence-corrected chi connectivity index (χ0v) is 10.7. The predicted octanol–water partition coefficient (Wildman–Crippen LogP) is -4.62. The van der Waals surface area contributed by atoms with E-state index >= 15 is 0 Å². The van der Waals surface area contributed by atoms with Crippen LogP contribution < -0.4 is 64.4 Å². The van der Waals surface area contributed by atoms with Crippen molar-refractivity contribution in [2.45, 2.75) is 25.7 Å². The second kappa shape index (κ2) is 9.96. The minimum absolute atomic E-state index is 0. The molecule has 1 rings (SSSR count). The fourth-order valence-corrected chi connectivity index (χ4v) is 0.979. The summed E-state index contributed by atoms with van der Waals surface area (Å²) in [4.78, 5) is 0. The van der Waals surface area contributed by atoms with Crippen LogP contribution in [0.3, 0.4) is 0 Å². The Labute approximate surface area is 105 Å². The van der Waals surface area contributed by atoms with E-state index in [1.54, 1.807) is 0 Å². The molecule has 0 spiro atoms. The third kappa shape index (κ3) is 7.86. The Morgan fingerprint density at radius 3 is 1.67 bits per heavy atom. The molecule has 1 aliphatic rings. The van der Waals surface area contributed by atoms with Gasteiger partial charge in [0.05, 0.1) is 0 Å². The molecule has 0 aliphatic carbocycles. The van der Waals surface area contributed by atoms with Gasteiger partial charge in [-0.2, -0.15) is 0 Å². The van der Waals surface area contributed by atoms with Crippen LogP contribution in [0.4, 0.5) is 0 Å². The Bertz CT molecular complexity index is 38.2. The first-order valence-electron chi connectivity index (χ1n) is 3.21. The molecule has 1 aliphatic heterocycles. The summed E-state index contributed by atoms with van der Waals surface area (Å²) < 4.78 is 0. The van der Waals surface area contributed by atoms with Gasteiger partial charge < -0.3 is 8.17 Å². The van der Waals surface area contributed by atoms with Crippen molar-refractivity contribution in [3.63, 3.8) is 0 Å². The fourth-order valence-electron chi connectivity index (χ4n) is 0.979. The average molecular weight is 147 g/mol. The molecule has 0 bridgehead atoms. The normalized spacial score (nSPS) is 18.7. The molecule has 0 unspecified atom stereocenters. The van der Waals surface area contributed by atoms with Gasteiger partial charge >= 0.3 is 59.1 Å². The van der Waals surface area contributed by atoms with Gasteiger partial charge in [0.15, 0.2) is 0 Å². The van der Waals surface area contributed by atoms with E-state index in [9.17, 15) is 0 Å². The van der Waals surface area contributed by atoms with Gasteiger partial charge in [0.1, 0.15) is 0 Å². The van der Waals surface area contributed by atoms with Gasteiger partial charge in [0.25, 0.3) is 0 Å². The monoisotopic (exact) mass is 147 g/mol. The van der Waals surface area contributed by atoms with Crippen LogP contribution in [-0.4, -0.2) is 13.1 Å². The summed E-state index contributed by atoms with van der Waals surface area (Å²) in [7, 11) is 0. The molecule has 0 atom stereocenters. The topological polar surface area (TPSA) is 12.0 Å². The minimum Gasteiger partial charge on any atom is -1.00 e. The van der Waals surface area contributed by atoms with Crippen LogP contribution in [0.5, 0.6) is 0 Å². The average Bonchev–Trinajstić information content (AvgIpc) is 1.90. The first-order valence-corrected chi connectivity index (χ1v) is 3.21. The molecular formula is C6H15NNa2. The summed E-state index contributed by atoms with van der Waals surface area (Å²) in [6.07, 6.45) is 5.65. The molecule has 1 nitrogen and oxygen atoms in total. The van der Waals surface area contributed by atoms with Gasteiger partial charge in [-0.3, -0.25) is 0 Å². The molecule has 46 valence electrons. The Morgan fingerprint density at radius 2 is 1.22 bits per heavy atom. The maximum atomic E-state index is 3.35. The minimum atomic E-state index is 0. The second-order valence-corrected chi connectivity index (χ2v) is 2.16. The van der Waals surface area contributed by atoms with Crippen LogP contribution in [0.15, 0.2) is 0 Å². The van der Waals surface area contributed by atoms with Crippen molar-refractivity contribution in [3.8, 4) is 0 Å². The number of hydrogen-bond donors (Lipinski definition) is 1. The van der Waals surface area contributed by atoms with E-state index < -0.39 is 0 Å². The molecule has 0 saturated carbocycles. The third-order valence-electron chi connectivity index (χ3n) is 1.46. The first kappa shape index (κ1) is 13.5. The van der Waals surface area contributed by atoms with Crippen molar-refractivity contribution in [3.05, 3.63) is 0 Å². The molecule has 0 aromatic heterocycles.